The molecule has 0 aliphatic rings. The molecule has 0 bridgehead atoms. The number of amides is 1. The molecule has 7 nitrogen and oxygen atoms in total. The van der Waals surface area contributed by atoms with E-state index in [0.29, 0.717) is 0 Å². The first-order valence-electron chi connectivity index (χ1n) is 5.11. The van der Waals surface area contributed by atoms with Crippen molar-refractivity contribution in [3.63, 3.8) is 0 Å². The van der Waals surface area contributed by atoms with E-state index in [2.05, 4.69) is 25.0 Å². The summed E-state index contributed by atoms with van der Waals surface area (Å²) in [5.74, 6) is -1.06. The van der Waals surface area contributed by atoms with Crippen LogP contribution < -0.4 is 15.8 Å². The summed E-state index contributed by atoms with van der Waals surface area (Å²) in [7, 11) is 0. The lowest BCUT2D eigenvalue weighted by molar-refractivity contribution is -0.0497. The Bertz CT molecular complexity index is 635. The maximum Gasteiger partial charge on any atom is 0.387 e. The van der Waals surface area contributed by atoms with E-state index in [1.165, 1.54) is 18.2 Å². The van der Waals surface area contributed by atoms with Crippen molar-refractivity contribution in [2.45, 2.75) is 6.61 Å². The van der Waals surface area contributed by atoms with E-state index in [1.807, 2.05) is 0 Å². The third-order valence-corrected chi connectivity index (χ3v) is 2.43. The number of anilines is 2. The van der Waals surface area contributed by atoms with Crippen molar-refractivity contribution < 1.29 is 22.9 Å². The molecule has 0 aliphatic heterocycles. The fraction of sp³-hybridized carbons (Fsp3) is 0.100. The van der Waals surface area contributed by atoms with E-state index in [0.717, 1.165) is 0 Å². The summed E-state index contributed by atoms with van der Waals surface area (Å²) in [4.78, 5) is 11.7. The zero-order valence-electron chi connectivity index (χ0n) is 9.64. The van der Waals surface area contributed by atoms with Gasteiger partial charge in [0.2, 0.25) is 11.5 Å². The summed E-state index contributed by atoms with van der Waals surface area (Å²) < 4.78 is 32.5. The van der Waals surface area contributed by atoms with Crippen LogP contribution in [0.3, 0.4) is 0 Å². The second kappa shape index (κ2) is 5.70. The molecule has 0 unspecified atom stereocenters. The zero-order chi connectivity index (χ0) is 14.7. The molecule has 1 aromatic heterocycles. The first kappa shape index (κ1) is 14.0. The second-order valence-electron chi connectivity index (χ2n) is 3.48. The van der Waals surface area contributed by atoms with Gasteiger partial charge >= 0.3 is 6.61 Å². The molecule has 3 N–H and O–H groups in total. The number of nitrogens with zero attached hydrogens (tertiary/aromatic N) is 2. The number of rotatable bonds is 4. The van der Waals surface area contributed by atoms with Crippen LogP contribution in [-0.4, -0.2) is 22.8 Å². The average molecular weight is 305 g/mol. The number of hydrogen-bond acceptors (Lipinski definition) is 6. The summed E-state index contributed by atoms with van der Waals surface area (Å²) in [5, 5.41) is 8.87. The van der Waals surface area contributed by atoms with Crippen molar-refractivity contribution in [2.75, 3.05) is 11.1 Å². The molecule has 1 amide bonds. The van der Waals surface area contributed by atoms with Crippen molar-refractivity contribution in [2.24, 2.45) is 0 Å². The van der Waals surface area contributed by atoms with Gasteiger partial charge in [-0.2, -0.15) is 8.78 Å². The standard InChI is InChI=1S/C10H7ClF2N4O3/c11-5-3-4(1-2-6(5)19-10(12)13)15-9(18)7-8(14)17-20-16-7/h1-3,10H,(H2,14,17)(H,15,18). The fourth-order valence-electron chi connectivity index (χ4n) is 1.31. The number of nitrogen functional groups attached to an aromatic ring is 1. The van der Waals surface area contributed by atoms with Gasteiger partial charge in [0, 0.05) is 5.69 Å². The van der Waals surface area contributed by atoms with Crippen LogP contribution in [-0.2, 0) is 0 Å². The minimum absolute atomic E-state index is 0.0886. The number of aromatic nitrogens is 2. The van der Waals surface area contributed by atoms with E-state index in [9.17, 15) is 13.6 Å². The number of hydrogen-bond donors (Lipinski definition) is 2. The predicted molar refractivity (Wildman–Crippen MR) is 64.7 cm³/mol. The summed E-state index contributed by atoms with van der Waals surface area (Å²) >= 11 is 5.73. The van der Waals surface area contributed by atoms with Crippen LogP contribution >= 0.6 is 11.6 Å². The SMILES string of the molecule is Nc1nonc1C(=O)Nc1ccc(OC(F)F)c(Cl)c1. The third-order valence-electron chi connectivity index (χ3n) is 2.13. The summed E-state index contributed by atoms with van der Waals surface area (Å²) in [5.41, 5.74) is 5.39. The predicted octanol–water partition coefficient (Wildman–Crippen LogP) is 2.16. The van der Waals surface area contributed by atoms with Gasteiger partial charge in [-0.15, -0.1) is 0 Å². The quantitative estimate of drug-likeness (QED) is 0.897. The van der Waals surface area contributed by atoms with Gasteiger partial charge in [-0.3, -0.25) is 4.79 Å². The molecule has 10 heteroatoms. The Morgan fingerprint density at radius 2 is 2.20 bits per heavy atom. The molecule has 0 saturated heterocycles. The van der Waals surface area contributed by atoms with Gasteiger partial charge in [-0.1, -0.05) is 11.6 Å². The average Bonchev–Trinajstić information content (AvgIpc) is 2.78. The van der Waals surface area contributed by atoms with Crippen LogP contribution in [0.15, 0.2) is 22.8 Å². The van der Waals surface area contributed by atoms with E-state index >= 15 is 0 Å². The number of carbonyl (C=O) groups excluding carboxylic acids is 1. The first-order chi connectivity index (χ1) is 9.47. The first-order valence-corrected chi connectivity index (χ1v) is 5.49. The molecular formula is C10H7ClF2N4O3. The van der Waals surface area contributed by atoms with Crippen molar-refractivity contribution in [1.29, 1.82) is 0 Å². The molecule has 0 saturated carbocycles. The van der Waals surface area contributed by atoms with Gasteiger partial charge in [-0.05, 0) is 28.5 Å². The van der Waals surface area contributed by atoms with E-state index < -0.39 is 12.5 Å². The number of halogens is 3. The molecule has 0 fully saturated rings. The highest BCUT2D eigenvalue weighted by Crippen LogP contribution is 2.29. The number of alkyl halides is 2. The van der Waals surface area contributed by atoms with E-state index in [1.54, 1.807) is 0 Å². The third kappa shape index (κ3) is 3.12. The van der Waals surface area contributed by atoms with Crippen molar-refractivity contribution in [3.05, 3.63) is 28.9 Å². The molecule has 0 atom stereocenters. The van der Waals surface area contributed by atoms with Crippen LogP contribution in [0, 0.1) is 0 Å². The molecule has 20 heavy (non-hydrogen) atoms. The van der Waals surface area contributed by atoms with Gasteiger partial charge in [0.15, 0.2) is 0 Å². The van der Waals surface area contributed by atoms with Gasteiger partial charge in [0.05, 0.1) is 5.02 Å². The maximum atomic E-state index is 12.1. The van der Waals surface area contributed by atoms with Crippen LogP contribution in [0.25, 0.3) is 0 Å². The fourth-order valence-corrected chi connectivity index (χ4v) is 1.54. The lowest BCUT2D eigenvalue weighted by atomic mass is 10.3. The minimum Gasteiger partial charge on any atom is -0.433 e. The number of benzene rings is 1. The van der Waals surface area contributed by atoms with Crippen LogP contribution in [0.4, 0.5) is 20.3 Å². The largest absolute Gasteiger partial charge is 0.433 e. The molecule has 2 aromatic rings. The number of nitrogens with two attached hydrogens (primary N) is 1. The van der Waals surface area contributed by atoms with Crippen molar-refractivity contribution >= 4 is 29.0 Å². The summed E-state index contributed by atoms with van der Waals surface area (Å²) in [6, 6.07) is 3.75. The molecule has 106 valence electrons. The highest BCUT2D eigenvalue weighted by molar-refractivity contribution is 6.32. The summed E-state index contributed by atoms with van der Waals surface area (Å²) in [6.45, 7) is -2.99. The zero-order valence-corrected chi connectivity index (χ0v) is 10.4. The second-order valence-corrected chi connectivity index (χ2v) is 3.88. The van der Waals surface area contributed by atoms with Gasteiger partial charge in [0.1, 0.15) is 5.75 Å². The lowest BCUT2D eigenvalue weighted by Crippen LogP contribution is -2.14. The molecular weight excluding hydrogens is 298 g/mol. The van der Waals surface area contributed by atoms with Gasteiger partial charge in [-0.25, -0.2) is 4.63 Å². The number of ether oxygens (including phenoxy) is 1. The maximum absolute atomic E-state index is 12.1. The topological polar surface area (TPSA) is 103 Å². The molecule has 0 spiro atoms. The number of carbonyl (C=O) groups is 1. The Kier molecular flexibility index (Phi) is 3.99. The number of nitrogens with one attached hydrogen (secondary N) is 1. The highest BCUT2D eigenvalue weighted by atomic mass is 35.5. The minimum atomic E-state index is -2.99. The Morgan fingerprint density at radius 3 is 2.75 bits per heavy atom. The van der Waals surface area contributed by atoms with Crippen LogP contribution in [0.1, 0.15) is 10.5 Å². The van der Waals surface area contributed by atoms with Crippen LogP contribution in [0.5, 0.6) is 5.75 Å². The van der Waals surface area contributed by atoms with E-state index in [-0.39, 0.29) is 28.0 Å². The Balaban J connectivity index is 2.13. The van der Waals surface area contributed by atoms with Crippen LogP contribution in [0.2, 0.25) is 5.02 Å². The van der Waals surface area contributed by atoms with Gasteiger partial charge < -0.3 is 15.8 Å². The van der Waals surface area contributed by atoms with Crippen molar-refractivity contribution in [3.8, 4) is 5.75 Å². The Labute approximate surface area is 115 Å². The molecule has 2 rings (SSSR count). The lowest BCUT2D eigenvalue weighted by Gasteiger charge is -2.08. The molecule has 1 aromatic carbocycles. The van der Waals surface area contributed by atoms with E-state index in [4.69, 9.17) is 17.3 Å². The highest BCUT2D eigenvalue weighted by Gasteiger charge is 2.17. The molecule has 0 aliphatic carbocycles. The summed E-state index contributed by atoms with van der Waals surface area (Å²) in [6.07, 6.45) is 0. The molecule has 0 radical (unpaired) electrons. The van der Waals surface area contributed by atoms with Gasteiger partial charge in [0.25, 0.3) is 5.91 Å². The molecule has 1 heterocycles. The van der Waals surface area contributed by atoms with Crippen molar-refractivity contribution in [1.82, 2.24) is 10.3 Å². The smallest absolute Gasteiger partial charge is 0.387 e. The Hall–Kier alpha value is -2.42. The normalized spacial score (nSPS) is 10.6. The Morgan fingerprint density at radius 1 is 1.45 bits per heavy atom. The monoisotopic (exact) mass is 304 g/mol.